The van der Waals surface area contributed by atoms with Crippen LogP contribution in [0.2, 0.25) is 0 Å². The molecule has 1 aromatic carbocycles. The van der Waals surface area contributed by atoms with Gasteiger partial charge in [-0.05, 0) is 23.6 Å². The van der Waals surface area contributed by atoms with Crippen LogP contribution in [-0.2, 0) is 14.3 Å². The number of hydrogen-bond donors (Lipinski definition) is 1. The van der Waals surface area contributed by atoms with Crippen molar-refractivity contribution >= 4 is 34.3 Å². The molecule has 6 nitrogen and oxygen atoms in total. The molecule has 7 heteroatoms. The number of nitriles is 1. The molecule has 0 spiro atoms. The Morgan fingerprint density at radius 2 is 2.12 bits per heavy atom. The van der Waals surface area contributed by atoms with Gasteiger partial charge in [0.05, 0.1) is 12.7 Å². The number of nitrogens with one attached hydrogen (secondary N) is 1. The minimum atomic E-state index is -0.650. The summed E-state index contributed by atoms with van der Waals surface area (Å²) >= 11 is 1.23. The van der Waals surface area contributed by atoms with E-state index in [1.54, 1.807) is 29.7 Å². The Bertz CT molecular complexity index is 805. The van der Waals surface area contributed by atoms with E-state index in [1.165, 1.54) is 24.5 Å². The fourth-order valence-corrected chi connectivity index (χ4v) is 2.56. The van der Waals surface area contributed by atoms with Crippen molar-refractivity contribution in [1.82, 2.24) is 0 Å². The smallest absolute Gasteiger partial charge is 0.331 e. The number of ether oxygens (including phenoxy) is 2. The Morgan fingerprint density at radius 3 is 2.88 bits per heavy atom. The second-order valence-electron chi connectivity index (χ2n) is 4.51. The van der Waals surface area contributed by atoms with Gasteiger partial charge in [0, 0.05) is 11.6 Å². The number of esters is 1. The molecule has 24 heavy (non-hydrogen) atoms. The van der Waals surface area contributed by atoms with Crippen molar-refractivity contribution < 1.29 is 19.1 Å². The summed E-state index contributed by atoms with van der Waals surface area (Å²) in [6.07, 6.45) is 2.77. The van der Waals surface area contributed by atoms with Crippen molar-refractivity contribution in [2.24, 2.45) is 0 Å². The number of anilines is 1. The molecule has 0 aliphatic heterocycles. The number of benzene rings is 1. The van der Waals surface area contributed by atoms with Crippen LogP contribution in [0.15, 0.2) is 41.8 Å². The van der Waals surface area contributed by atoms with Gasteiger partial charge in [0.25, 0.3) is 5.91 Å². The second kappa shape index (κ2) is 8.50. The molecular weight excluding hydrogens is 328 g/mol. The molecule has 0 aliphatic carbocycles. The van der Waals surface area contributed by atoms with Crippen molar-refractivity contribution in [3.63, 3.8) is 0 Å². The molecule has 0 fully saturated rings. The van der Waals surface area contributed by atoms with E-state index in [0.29, 0.717) is 16.3 Å². The summed E-state index contributed by atoms with van der Waals surface area (Å²) in [7, 11) is 1.54. The zero-order valence-electron chi connectivity index (χ0n) is 12.8. The van der Waals surface area contributed by atoms with Crippen LogP contribution >= 0.6 is 11.3 Å². The molecule has 0 bridgehead atoms. The Labute approximate surface area is 142 Å². The maximum atomic E-state index is 11.7. The first kappa shape index (κ1) is 17.2. The fourth-order valence-electron chi connectivity index (χ4n) is 1.80. The predicted octanol–water partition coefficient (Wildman–Crippen LogP) is 2.82. The summed E-state index contributed by atoms with van der Waals surface area (Å²) in [5.41, 5.74) is 1.09. The van der Waals surface area contributed by atoms with E-state index >= 15 is 0 Å². The highest BCUT2D eigenvalue weighted by Crippen LogP contribution is 2.22. The quantitative estimate of drug-likeness (QED) is 0.644. The van der Waals surface area contributed by atoms with E-state index in [-0.39, 0.29) is 0 Å². The van der Waals surface area contributed by atoms with E-state index in [2.05, 4.69) is 5.32 Å². The minimum Gasteiger partial charge on any atom is -0.496 e. The largest absolute Gasteiger partial charge is 0.496 e. The molecule has 1 aromatic heterocycles. The normalized spacial score (nSPS) is 10.2. The number of para-hydroxylation sites is 1. The third-order valence-electron chi connectivity index (χ3n) is 2.92. The van der Waals surface area contributed by atoms with Crippen molar-refractivity contribution in [1.29, 1.82) is 5.26 Å². The molecule has 0 saturated carbocycles. The summed E-state index contributed by atoms with van der Waals surface area (Å²) in [5.74, 6) is -0.531. The molecule has 122 valence electrons. The number of hydrogen-bond acceptors (Lipinski definition) is 6. The van der Waals surface area contributed by atoms with E-state index in [9.17, 15) is 9.59 Å². The van der Waals surface area contributed by atoms with Crippen LogP contribution in [0.4, 0.5) is 5.00 Å². The summed E-state index contributed by atoms with van der Waals surface area (Å²) in [6.45, 7) is -0.433. The number of carbonyl (C=O) groups is 2. The molecule has 2 rings (SSSR count). The number of nitrogens with zero attached hydrogens (tertiary/aromatic N) is 1. The van der Waals surface area contributed by atoms with Crippen LogP contribution in [0.5, 0.6) is 5.75 Å². The molecule has 1 heterocycles. The van der Waals surface area contributed by atoms with Crippen LogP contribution in [0.25, 0.3) is 6.08 Å². The lowest BCUT2D eigenvalue weighted by atomic mass is 10.2. The highest BCUT2D eigenvalue weighted by Gasteiger charge is 2.10. The van der Waals surface area contributed by atoms with E-state index in [0.717, 1.165) is 5.56 Å². The van der Waals surface area contributed by atoms with Crippen molar-refractivity contribution in [2.75, 3.05) is 19.0 Å². The first-order valence-corrected chi connectivity index (χ1v) is 7.77. The number of methoxy groups -OCH3 is 1. The fraction of sp³-hybridized carbons (Fsp3) is 0.118. The topological polar surface area (TPSA) is 88.4 Å². The lowest BCUT2D eigenvalue weighted by molar-refractivity contribution is -0.142. The molecule has 0 saturated heterocycles. The van der Waals surface area contributed by atoms with Gasteiger partial charge in [-0.3, -0.25) is 4.79 Å². The first-order chi connectivity index (χ1) is 11.6. The SMILES string of the molecule is COc1ccccc1/C=C/C(=O)OCC(=O)Nc1sccc1C#N. The molecule has 0 unspecified atom stereocenters. The Kier molecular flexibility index (Phi) is 6.11. The average molecular weight is 342 g/mol. The van der Waals surface area contributed by atoms with E-state index < -0.39 is 18.5 Å². The number of rotatable bonds is 6. The van der Waals surface area contributed by atoms with Crippen LogP contribution in [0.1, 0.15) is 11.1 Å². The molecular formula is C17H14N2O4S. The monoisotopic (exact) mass is 342 g/mol. The predicted molar refractivity (Wildman–Crippen MR) is 90.7 cm³/mol. The van der Waals surface area contributed by atoms with Gasteiger partial charge in [-0.1, -0.05) is 18.2 Å². The molecule has 0 radical (unpaired) electrons. The van der Waals surface area contributed by atoms with Gasteiger partial charge < -0.3 is 14.8 Å². The Hall–Kier alpha value is -3.11. The number of thiophene rings is 1. The van der Waals surface area contributed by atoms with E-state index in [1.807, 2.05) is 18.2 Å². The van der Waals surface area contributed by atoms with Gasteiger partial charge in [0.1, 0.15) is 16.8 Å². The van der Waals surface area contributed by atoms with Crippen molar-refractivity contribution in [3.8, 4) is 11.8 Å². The summed E-state index contributed by atoms with van der Waals surface area (Å²) in [6, 6.07) is 10.7. The zero-order valence-corrected chi connectivity index (χ0v) is 13.6. The van der Waals surface area contributed by atoms with Gasteiger partial charge in [0.2, 0.25) is 0 Å². The maximum Gasteiger partial charge on any atom is 0.331 e. The van der Waals surface area contributed by atoms with Gasteiger partial charge >= 0.3 is 5.97 Å². The van der Waals surface area contributed by atoms with Gasteiger partial charge in [0.15, 0.2) is 6.61 Å². The number of amides is 1. The lowest BCUT2D eigenvalue weighted by Gasteiger charge is -2.04. The van der Waals surface area contributed by atoms with Crippen LogP contribution in [0, 0.1) is 11.3 Å². The molecule has 1 amide bonds. The first-order valence-electron chi connectivity index (χ1n) is 6.89. The Morgan fingerprint density at radius 1 is 1.33 bits per heavy atom. The summed E-state index contributed by atoms with van der Waals surface area (Å²) < 4.78 is 10.0. The van der Waals surface area contributed by atoms with Crippen molar-refractivity contribution in [3.05, 3.63) is 52.9 Å². The van der Waals surface area contributed by atoms with Crippen molar-refractivity contribution in [2.45, 2.75) is 0 Å². The molecule has 0 aliphatic rings. The van der Waals surface area contributed by atoms with Gasteiger partial charge in [-0.15, -0.1) is 11.3 Å². The number of carbonyl (C=O) groups excluding carboxylic acids is 2. The average Bonchev–Trinajstić information content (AvgIpc) is 3.05. The third-order valence-corrected chi connectivity index (χ3v) is 3.75. The summed E-state index contributed by atoms with van der Waals surface area (Å²) in [5, 5.41) is 13.5. The summed E-state index contributed by atoms with van der Waals surface area (Å²) in [4.78, 5) is 23.4. The minimum absolute atomic E-state index is 0.371. The van der Waals surface area contributed by atoms with Crippen LogP contribution in [0.3, 0.4) is 0 Å². The molecule has 0 atom stereocenters. The van der Waals surface area contributed by atoms with Gasteiger partial charge in [-0.2, -0.15) is 5.26 Å². The van der Waals surface area contributed by atoms with E-state index in [4.69, 9.17) is 14.7 Å². The highest BCUT2D eigenvalue weighted by atomic mass is 32.1. The highest BCUT2D eigenvalue weighted by molar-refractivity contribution is 7.14. The van der Waals surface area contributed by atoms with Gasteiger partial charge in [-0.25, -0.2) is 4.79 Å². The molecule has 2 aromatic rings. The standard InChI is InChI=1S/C17H14N2O4S/c1-22-14-5-3-2-4-12(14)6-7-16(21)23-11-15(20)19-17-13(10-18)8-9-24-17/h2-9H,11H2,1H3,(H,19,20)/b7-6+. The third kappa shape index (κ3) is 4.69. The second-order valence-corrected chi connectivity index (χ2v) is 5.42. The maximum absolute atomic E-state index is 11.7. The molecule has 1 N–H and O–H groups in total. The van der Waals surface area contributed by atoms with Crippen LogP contribution in [-0.4, -0.2) is 25.6 Å². The lowest BCUT2D eigenvalue weighted by Crippen LogP contribution is -2.20. The Balaban J connectivity index is 1.86. The van der Waals surface area contributed by atoms with Crippen LogP contribution < -0.4 is 10.1 Å². The zero-order chi connectivity index (χ0) is 17.4.